The van der Waals surface area contributed by atoms with Crippen LogP contribution in [0.5, 0.6) is 0 Å². The molecule has 5 heteroatoms. The molecule has 0 aromatic heterocycles. The van der Waals surface area contributed by atoms with E-state index in [9.17, 15) is 8.42 Å². The van der Waals surface area contributed by atoms with Crippen molar-refractivity contribution in [2.75, 3.05) is 18.8 Å². The first-order chi connectivity index (χ1) is 6.55. The van der Waals surface area contributed by atoms with Gasteiger partial charge in [0, 0.05) is 6.04 Å². The summed E-state index contributed by atoms with van der Waals surface area (Å²) < 4.78 is 25.3. The van der Waals surface area contributed by atoms with Crippen LogP contribution in [0.4, 0.5) is 0 Å². The highest BCUT2D eigenvalue weighted by atomic mass is 32.2. The molecule has 0 radical (unpaired) electrons. The van der Waals surface area contributed by atoms with Crippen LogP contribution >= 0.6 is 0 Å². The molecule has 1 fully saturated rings. The summed E-state index contributed by atoms with van der Waals surface area (Å²) >= 11 is 0. The SMILES string of the molecule is CCS(=O)(=O)NC(C)C1CCCNC1. The van der Waals surface area contributed by atoms with Gasteiger partial charge in [-0.25, -0.2) is 13.1 Å². The summed E-state index contributed by atoms with van der Waals surface area (Å²) in [7, 11) is -3.05. The molecule has 0 aromatic carbocycles. The first-order valence-electron chi connectivity index (χ1n) is 5.26. The minimum absolute atomic E-state index is 0.0488. The lowest BCUT2D eigenvalue weighted by atomic mass is 9.94. The van der Waals surface area contributed by atoms with Crippen molar-refractivity contribution in [3.05, 3.63) is 0 Å². The van der Waals surface area contributed by atoms with Gasteiger partial charge in [-0.2, -0.15) is 0 Å². The number of piperidine rings is 1. The van der Waals surface area contributed by atoms with Gasteiger partial charge < -0.3 is 5.32 Å². The van der Waals surface area contributed by atoms with E-state index in [0.717, 1.165) is 25.9 Å². The van der Waals surface area contributed by atoms with Gasteiger partial charge in [0.25, 0.3) is 0 Å². The van der Waals surface area contributed by atoms with Crippen LogP contribution in [-0.4, -0.2) is 33.3 Å². The van der Waals surface area contributed by atoms with E-state index >= 15 is 0 Å². The van der Waals surface area contributed by atoms with Crippen LogP contribution in [0.1, 0.15) is 26.7 Å². The van der Waals surface area contributed by atoms with E-state index in [1.165, 1.54) is 0 Å². The summed E-state index contributed by atoms with van der Waals surface area (Å²) in [5, 5.41) is 3.28. The Hall–Kier alpha value is -0.130. The van der Waals surface area contributed by atoms with Crippen molar-refractivity contribution in [3.8, 4) is 0 Å². The summed E-state index contributed by atoms with van der Waals surface area (Å²) in [4.78, 5) is 0. The molecule has 4 nitrogen and oxygen atoms in total. The van der Waals surface area contributed by atoms with E-state index in [0.29, 0.717) is 5.92 Å². The zero-order valence-electron chi connectivity index (χ0n) is 8.91. The normalized spacial score (nSPS) is 26.0. The average Bonchev–Trinajstić information content (AvgIpc) is 2.19. The molecule has 84 valence electrons. The standard InChI is InChI=1S/C9H20N2O2S/c1-3-14(12,13)11-8(2)9-5-4-6-10-7-9/h8-11H,3-7H2,1-2H3. The van der Waals surface area contributed by atoms with Crippen LogP contribution in [0.25, 0.3) is 0 Å². The minimum atomic E-state index is -3.05. The monoisotopic (exact) mass is 220 g/mol. The molecule has 14 heavy (non-hydrogen) atoms. The van der Waals surface area contributed by atoms with Crippen LogP contribution in [-0.2, 0) is 10.0 Å². The Bertz CT molecular complexity index is 258. The zero-order valence-corrected chi connectivity index (χ0v) is 9.73. The quantitative estimate of drug-likeness (QED) is 0.717. The molecule has 0 bridgehead atoms. The van der Waals surface area contributed by atoms with Gasteiger partial charge in [-0.05, 0) is 45.7 Å². The Labute approximate surface area is 86.5 Å². The predicted octanol–water partition coefficient (Wildman–Crippen LogP) is 0.314. The van der Waals surface area contributed by atoms with Crippen molar-refractivity contribution in [1.29, 1.82) is 0 Å². The molecule has 0 amide bonds. The van der Waals surface area contributed by atoms with Crippen LogP contribution < -0.4 is 10.0 Å². The van der Waals surface area contributed by atoms with Crippen molar-refractivity contribution >= 4 is 10.0 Å². The number of rotatable bonds is 4. The fourth-order valence-electron chi connectivity index (χ4n) is 1.77. The first kappa shape index (κ1) is 11.9. The van der Waals surface area contributed by atoms with Crippen molar-refractivity contribution in [3.63, 3.8) is 0 Å². The smallest absolute Gasteiger partial charge is 0.211 e. The second-order valence-electron chi connectivity index (χ2n) is 3.92. The second-order valence-corrected chi connectivity index (χ2v) is 5.96. The van der Waals surface area contributed by atoms with Crippen molar-refractivity contribution in [1.82, 2.24) is 10.0 Å². The summed E-state index contributed by atoms with van der Waals surface area (Å²) in [5.74, 6) is 0.599. The molecule has 0 aromatic rings. The van der Waals surface area contributed by atoms with Crippen LogP contribution in [0.3, 0.4) is 0 Å². The maximum absolute atomic E-state index is 11.3. The summed E-state index contributed by atoms with van der Waals surface area (Å²) in [6.45, 7) is 5.59. The number of sulfonamides is 1. The van der Waals surface area contributed by atoms with Crippen LogP contribution in [0, 0.1) is 5.92 Å². The molecule has 0 aliphatic carbocycles. The fraction of sp³-hybridized carbons (Fsp3) is 1.00. The lowest BCUT2D eigenvalue weighted by Gasteiger charge is -2.28. The van der Waals surface area contributed by atoms with E-state index in [1.54, 1.807) is 6.92 Å². The third kappa shape index (κ3) is 3.55. The van der Waals surface area contributed by atoms with Crippen molar-refractivity contribution in [2.24, 2.45) is 5.92 Å². The Morgan fingerprint density at radius 1 is 1.57 bits per heavy atom. The number of nitrogens with one attached hydrogen (secondary N) is 2. The predicted molar refractivity (Wildman–Crippen MR) is 57.7 cm³/mol. The highest BCUT2D eigenvalue weighted by molar-refractivity contribution is 7.89. The maximum atomic E-state index is 11.3. The Kier molecular flexibility index (Phi) is 4.34. The molecule has 1 aliphatic rings. The Morgan fingerprint density at radius 2 is 2.29 bits per heavy atom. The lowest BCUT2D eigenvalue weighted by Crippen LogP contribution is -2.44. The second kappa shape index (κ2) is 5.09. The van der Waals surface area contributed by atoms with E-state index in [-0.39, 0.29) is 11.8 Å². The average molecular weight is 220 g/mol. The molecule has 2 N–H and O–H groups in total. The van der Waals surface area contributed by atoms with Crippen LogP contribution in [0.2, 0.25) is 0 Å². The fourth-order valence-corrected chi connectivity index (χ4v) is 2.69. The van der Waals surface area contributed by atoms with E-state index in [2.05, 4.69) is 10.0 Å². The molecule has 1 heterocycles. The molecule has 2 unspecified atom stereocenters. The molecule has 0 saturated carbocycles. The largest absolute Gasteiger partial charge is 0.316 e. The third-order valence-electron chi connectivity index (χ3n) is 2.79. The Morgan fingerprint density at radius 3 is 2.79 bits per heavy atom. The number of hydrogen-bond donors (Lipinski definition) is 2. The molecule has 1 rings (SSSR count). The molecular formula is C9H20N2O2S. The van der Waals surface area contributed by atoms with Gasteiger partial charge in [0.1, 0.15) is 0 Å². The van der Waals surface area contributed by atoms with Crippen molar-refractivity contribution < 1.29 is 8.42 Å². The van der Waals surface area contributed by atoms with Crippen molar-refractivity contribution in [2.45, 2.75) is 32.7 Å². The summed E-state index contributed by atoms with van der Waals surface area (Å²) in [5.41, 5.74) is 0. The van der Waals surface area contributed by atoms with Gasteiger partial charge in [-0.15, -0.1) is 0 Å². The summed E-state index contributed by atoms with van der Waals surface area (Å²) in [6, 6.07) is 0.0488. The van der Waals surface area contributed by atoms with Crippen LogP contribution in [0.15, 0.2) is 0 Å². The topological polar surface area (TPSA) is 58.2 Å². The van der Waals surface area contributed by atoms with Gasteiger partial charge >= 0.3 is 0 Å². The van der Waals surface area contributed by atoms with Gasteiger partial charge in [-0.3, -0.25) is 0 Å². The molecule has 0 spiro atoms. The minimum Gasteiger partial charge on any atom is -0.316 e. The van der Waals surface area contributed by atoms with E-state index in [1.807, 2.05) is 6.92 Å². The lowest BCUT2D eigenvalue weighted by molar-refractivity contribution is 0.320. The van der Waals surface area contributed by atoms with Gasteiger partial charge in [0.2, 0.25) is 10.0 Å². The van der Waals surface area contributed by atoms with E-state index < -0.39 is 10.0 Å². The van der Waals surface area contributed by atoms with E-state index in [4.69, 9.17) is 0 Å². The third-order valence-corrected chi connectivity index (χ3v) is 4.28. The first-order valence-corrected chi connectivity index (χ1v) is 6.91. The highest BCUT2D eigenvalue weighted by Crippen LogP contribution is 2.14. The number of hydrogen-bond acceptors (Lipinski definition) is 3. The Balaban J connectivity index is 2.44. The van der Waals surface area contributed by atoms with Gasteiger partial charge in [0.05, 0.1) is 5.75 Å². The maximum Gasteiger partial charge on any atom is 0.211 e. The zero-order chi connectivity index (χ0) is 10.6. The van der Waals surface area contributed by atoms with Gasteiger partial charge in [-0.1, -0.05) is 0 Å². The highest BCUT2D eigenvalue weighted by Gasteiger charge is 2.22. The molecule has 1 aliphatic heterocycles. The summed E-state index contributed by atoms with van der Waals surface area (Å²) in [6.07, 6.45) is 2.25. The molecular weight excluding hydrogens is 200 g/mol. The molecule has 1 saturated heterocycles. The van der Waals surface area contributed by atoms with Gasteiger partial charge in [0.15, 0.2) is 0 Å². The molecule has 2 atom stereocenters.